The maximum Gasteiger partial charge on any atom is 0.163 e. The number of fused-ring (bicyclic) bond motifs is 1. The highest BCUT2D eigenvalue weighted by Gasteiger charge is 2.78. The van der Waals surface area contributed by atoms with Crippen molar-refractivity contribution in [3.05, 3.63) is 35.4 Å². The topological polar surface area (TPSA) is 17.1 Å². The molecule has 3 aliphatic rings. The second-order valence-electron chi connectivity index (χ2n) is 5.84. The standard InChI is InChI=1S/C15H15BrO/c16-13-14-7-3-4-8-15(13,14)11-6-2-1-5-10(11)12(17)9-14/h1-2,5-6,13H,3-4,7-9H2. The zero-order valence-electron chi connectivity index (χ0n) is 9.71. The highest BCUT2D eigenvalue weighted by atomic mass is 79.9. The van der Waals surface area contributed by atoms with Crippen LogP contribution in [0.4, 0.5) is 0 Å². The van der Waals surface area contributed by atoms with E-state index < -0.39 is 0 Å². The number of benzene rings is 1. The van der Waals surface area contributed by atoms with E-state index in [1.54, 1.807) is 0 Å². The number of halogens is 1. The van der Waals surface area contributed by atoms with Crippen molar-refractivity contribution < 1.29 is 4.79 Å². The first-order valence-corrected chi connectivity index (χ1v) is 7.41. The van der Waals surface area contributed by atoms with E-state index >= 15 is 0 Å². The largest absolute Gasteiger partial charge is 0.294 e. The van der Waals surface area contributed by atoms with Gasteiger partial charge < -0.3 is 0 Å². The van der Waals surface area contributed by atoms with Gasteiger partial charge in [0.1, 0.15) is 0 Å². The average Bonchev–Trinajstić information content (AvgIpc) is 2.91. The minimum absolute atomic E-state index is 0.261. The van der Waals surface area contributed by atoms with Gasteiger partial charge in [-0.3, -0.25) is 4.79 Å². The second kappa shape index (κ2) is 3.03. The predicted molar refractivity (Wildman–Crippen MR) is 70.7 cm³/mol. The Morgan fingerprint density at radius 3 is 2.82 bits per heavy atom. The molecule has 2 fully saturated rings. The molecule has 3 atom stereocenters. The summed E-state index contributed by atoms with van der Waals surface area (Å²) in [6.45, 7) is 0. The van der Waals surface area contributed by atoms with Crippen LogP contribution in [-0.4, -0.2) is 10.6 Å². The first-order valence-electron chi connectivity index (χ1n) is 6.49. The van der Waals surface area contributed by atoms with Crippen LogP contribution >= 0.6 is 15.9 Å². The summed E-state index contributed by atoms with van der Waals surface area (Å²) in [5.74, 6) is 0.361. The lowest BCUT2D eigenvalue weighted by atomic mass is 9.68. The third-order valence-corrected chi connectivity index (χ3v) is 7.01. The van der Waals surface area contributed by atoms with Gasteiger partial charge in [0.05, 0.1) is 0 Å². The van der Waals surface area contributed by atoms with Crippen molar-refractivity contribution in [1.29, 1.82) is 0 Å². The lowest BCUT2D eigenvalue weighted by Crippen LogP contribution is -2.31. The number of alkyl halides is 1. The molecule has 0 heterocycles. The molecule has 3 unspecified atom stereocenters. The van der Waals surface area contributed by atoms with E-state index in [-0.39, 0.29) is 10.8 Å². The van der Waals surface area contributed by atoms with Crippen LogP contribution in [0.25, 0.3) is 0 Å². The van der Waals surface area contributed by atoms with Gasteiger partial charge in [-0.2, -0.15) is 0 Å². The molecule has 0 radical (unpaired) electrons. The van der Waals surface area contributed by atoms with Gasteiger partial charge in [-0.1, -0.05) is 53.0 Å². The lowest BCUT2D eigenvalue weighted by molar-refractivity contribution is 0.0913. The van der Waals surface area contributed by atoms with Gasteiger partial charge in [0.25, 0.3) is 0 Å². The molecule has 0 saturated heterocycles. The SMILES string of the molecule is O=C1CC23CCCCC2(c2ccccc21)C3Br. The number of rotatable bonds is 0. The van der Waals surface area contributed by atoms with Crippen molar-refractivity contribution in [2.45, 2.75) is 42.3 Å². The van der Waals surface area contributed by atoms with E-state index in [9.17, 15) is 4.79 Å². The number of hydrogen-bond donors (Lipinski definition) is 0. The van der Waals surface area contributed by atoms with Crippen molar-refractivity contribution in [2.24, 2.45) is 5.41 Å². The Labute approximate surface area is 110 Å². The summed E-state index contributed by atoms with van der Waals surface area (Å²) >= 11 is 3.90. The number of carbonyl (C=O) groups is 1. The molecule has 0 spiro atoms. The molecule has 0 aromatic heterocycles. The van der Waals surface area contributed by atoms with Crippen LogP contribution in [0.2, 0.25) is 0 Å². The van der Waals surface area contributed by atoms with Gasteiger partial charge >= 0.3 is 0 Å². The summed E-state index contributed by atoms with van der Waals surface area (Å²) in [6, 6.07) is 8.29. The second-order valence-corrected chi connectivity index (χ2v) is 6.76. The van der Waals surface area contributed by atoms with Crippen molar-refractivity contribution in [3.63, 3.8) is 0 Å². The number of ketones is 1. The third kappa shape index (κ3) is 0.965. The van der Waals surface area contributed by atoms with Gasteiger partial charge in [-0.15, -0.1) is 0 Å². The molecule has 17 heavy (non-hydrogen) atoms. The van der Waals surface area contributed by atoms with Gasteiger partial charge in [0.15, 0.2) is 5.78 Å². The summed E-state index contributed by atoms with van der Waals surface area (Å²) in [4.78, 5) is 12.8. The predicted octanol–water partition coefficient (Wildman–Crippen LogP) is 3.85. The summed E-state index contributed by atoms with van der Waals surface area (Å²) in [7, 11) is 0. The van der Waals surface area contributed by atoms with Crippen LogP contribution in [-0.2, 0) is 5.41 Å². The number of Topliss-reactive ketones (excluding diaryl/α,β-unsaturated/α-hetero) is 1. The molecule has 1 aromatic carbocycles. The minimum Gasteiger partial charge on any atom is -0.294 e. The highest BCUT2D eigenvalue weighted by Crippen LogP contribution is 2.78. The third-order valence-electron chi connectivity index (χ3n) is 5.35. The van der Waals surface area contributed by atoms with Crippen LogP contribution in [0.1, 0.15) is 48.0 Å². The molecular weight excluding hydrogens is 276 g/mol. The quantitative estimate of drug-likeness (QED) is 0.664. The van der Waals surface area contributed by atoms with Gasteiger partial charge in [-0.05, 0) is 18.4 Å². The maximum absolute atomic E-state index is 12.3. The Balaban J connectivity index is 1.98. The van der Waals surface area contributed by atoms with E-state index in [4.69, 9.17) is 0 Å². The first kappa shape index (κ1) is 10.3. The Kier molecular flexibility index (Phi) is 1.84. The molecule has 1 aromatic rings. The molecule has 2 heteroatoms. The van der Waals surface area contributed by atoms with Crippen molar-refractivity contribution >= 4 is 21.7 Å². The molecule has 0 amide bonds. The summed E-state index contributed by atoms with van der Waals surface area (Å²) < 4.78 is 0. The smallest absolute Gasteiger partial charge is 0.163 e. The molecule has 3 aliphatic carbocycles. The van der Waals surface area contributed by atoms with Crippen LogP contribution < -0.4 is 0 Å². The number of carbonyl (C=O) groups excluding carboxylic acids is 1. The Hall–Kier alpha value is -0.630. The summed E-state index contributed by atoms with van der Waals surface area (Å²) in [5, 5.41) is 0. The van der Waals surface area contributed by atoms with Gasteiger partial charge in [-0.25, -0.2) is 0 Å². The highest BCUT2D eigenvalue weighted by molar-refractivity contribution is 9.09. The van der Waals surface area contributed by atoms with E-state index in [0.29, 0.717) is 10.6 Å². The van der Waals surface area contributed by atoms with Crippen LogP contribution in [0.3, 0.4) is 0 Å². The van der Waals surface area contributed by atoms with Crippen LogP contribution in [0, 0.1) is 5.41 Å². The zero-order valence-corrected chi connectivity index (χ0v) is 11.3. The van der Waals surface area contributed by atoms with E-state index in [1.165, 1.54) is 31.2 Å². The number of hydrogen-bond acceptors (Lipinski definition) is 1. The molecule has 0 aliphatic heterocycles. The molecule has 88 valence electrons. The Morgan fingerprint density at radius 2 is 1.94 bits per heavy atom. The van der Waals surface area contributed by atoms with E-state index in [0.717, 1.165) is 12.0 Å². The molecular formula is C15H15BrO. The normalized spacial score (nSPS) is 42.4. The summed E-state index contributed by atoms with van der Waals surface area (Å²) in [5.41, 5.74) is 2.87. The molecule has 1 nitrogen and oxygen atoms in total. The molecule has 0 bridgehead atoms. The Bertz CT molecular complexity index is 523. The van der Waals surface area contributed by atoms with Crippen molar-refractivity contribution in [1.82, 2.24) is 0 Å². The van der Waals surface area contributed by atoms with Gasteiger partial charge in [0, 0.05) is 27.6 Å². The zero-order chi connectivity index (χ0) is 11.7. The van der Waals surface area contributed by atoms with E-state index in [1.807, 2.05) is 12.1 Å². The monoisotopic (exact) mass is 290 g/mol. The molecule has 0 N–H and O–H groups in total. The van der Waals surface area contributed by atoms with E-state index in [2.05, 4.69) is 28.1 Å². The van der Waals surface area contributed by atoms with Crippen LogP contribution in [0.15, 0.2) is 24.3 Å². The van der Waals surface area contributed by atoms with Crippen molar-refractivity contribution in [2.75, 3.05) is 0 Å². The molecule has 4 rings (SSSR count). The van der Waals surface area contributed by atoms with Crippen LogP contribution in [0.5, 0.6) is 0 Å². The fourth-order valence-electron chi connectivity index (χ4n) is 4.55. The minimum atomic E-state index is 0.261. The van der Waals surface area contributed by atoms with Gasteiger partial charge in [0.2, 0.25) is 0 Å². The maximum atomic E-state index is 12.3. The van der Waals surface area contributed by atoms with Crippen molar-refractivity contribution in [3.8, 4) is 0 Å². The summed E-state index contributed by atoms with van der Waals surface area (Å²) in [6.07, 6.45) is 5.85. The lowest BCUT2D eigenvalue weighted by Gasteiger charge is -2.35. The fraction of sp³-hybridized carbons (Fsp3) is 0.533. The Morgan fingerprint density at radius 1 is 1.18 bits per heavy atom. The first-order chi connectivity index (χ1) is 8.22. The average molecular weight is 291 g/mol. The fourth-order valence-corrected chi connectivity index (χ4v) is 6.15. The molecule has 2 saturated carbocycles.